The molecular weight excluding hydrogens is 570 g/mol. The van der Waals surface area contributed by atoms with Crippen LogP contribution in [-0.4, -0.2) is 32.1 Å². The highest BCUT2D eigenvalue weighted by Crippen LogP contribution is 2.49. The molecule has 1 heterocycles. The van der Waals surface area contributed by atoms with Gasteiger partial charge in [-0.05, 0) is 80.3 Å². The van der Waals surface area contributed by atoms with Crippen molar-refractivity contribution < 1.29 is 23.8 Å². The highest BCUT2D eigenvalue weighted by Gasteiger charge is 2.43. The fourth-order valence-electron chi connectivity index (χ4n) is 5.90. The zero-order valence-corrected chi connectivity index (χ0v) is 24.1. The first kappa shape index (κ1) is 26.8. The standard InChI is InChI=1S/C30H31BrClNO5/c1-16-27(30(35)38-20-6-4-5-7-20)28(21-14-25(36-2)26(37-3)15-22(21)31)29-23(33-16)12-18(13-24(29)34)17-8-10-19(32)11-9-17/h8-11,14-15,18,20,28,33H,4-7,12-13H2,1-3H3/t18-,28-/m0/s1. The molecule has 0 radical (unpaired) electrons. The second-order valence-corrected chi connectivity index (χ2v) is 11.4. The van der Waals surface area contributed by atoms with Gasteiger partial charge in [0.2, 0.25) is 0 Å². The number of ether oxygens (including phenoxy) is 3. The van der Waals surface area contributed by atoms with Gasteiger partial charge in [0.1, 0.15) is 6.10 Å². The summed E-state index contributed by atoms with van der Waals surface area (Å²) < 4.78 is 17.8. The number of carbonyl (C=O) groups excluding carboxylic acids is 2. The van der Waals surface area contributed by atoms with Gasteiger partial charge in [-0.2, -0.15) is 0 Å². The predicted molar refractivity (Wildman–Crippen MR) is 150 cm³/mol. The lowest BCUT2D eigenvalue weighted by Gasteiger charge is -2.37. The highest BCUT2D eigenvalue weighted by atomic mass is 79.9. The Bertz CT molecular complexity index is 1330. The Labute approximate surface area is 236 Å². The zero-order chi connectivity index (χ0) is 27.0. The number of dihydropyridines is 1. The van der Waals surface area contributed by atoms with Crippen molar-refractivity contribution in [3.8, 4) is 11.5 Å². The van der Waals surface area contributed by atoms with E-state index in [4.69, 9.17) is 25.8 Å². The van der Waals surface area contributed by atoms with Gasteiger partial charge in [0.05, 0.1) is 19.8 Å². The number of rotatable bonds is 6. The van der Waals surface area contributed by atoms with E-state index in [1.807, 2.05) is 43.3 Å². The molecule has 2 aromatic rings. The lowest BCUT2D eigenvalue weighted by molar-refractivity contribution is -0.144. The highest BCUT2D eigenvalue weighted by molar-refractivity contribution is 9.10. The van der Waals surface area contributed by atoms with Gasteiger partial charge in [-0.1, -0.05) is 39.7 Å². The maximum Gasteiger partial charge on any atom is 0.337 e. The molecule has 0 spiro atoms. The number of Topliss-reactive ketones (excluding diaryl/α,β-unsaturated/α-hetero) is 1. The van der Waals surface area contributed by atoms with Gasteiger partial charge in [-0.25, -0.2) is 4.79 Å². The van der Waals surface area contributed by atoms with E-state index in [1.165, 1.54) is 0 Å². The summed E-state index contributed by atoms with van der Waals surface area (Å²) in [6.45, 7) is 1.88. The molecule has 1 fully saturated rings. The molecule has 38 heavy (non-hydrogen) atoms. The summed E-state index contributed by atoms with van der Waals surface area (Å²) in [7, 11) is 3.15. The normalized spacial score (nSPS) is 21.8. The van der Waals surface area contributed by atoms with E-state index in [0.29, 0.717) is 46.2 Å². The van der Waals surface area contributed by atoms with Gasteiger partial charge >= 0.3 is 5.97 Å². The van der Waals surface area contributed by atoms with E-state index >= 15 is 0 Å². The van der Waals surface area contributed by atoms with Crippen LogP contribution in [0.3, 0.4) is 0 Å². The number of hydrogen-bond donors (Lipinski definition) is 1. The molecule has 3 aliphatic rings. The fourth-order valence-corrected chi connectivity index (χ4v) is 6.58. The molecule has 200 valence electrons. The SMILES string of the molecule is COc1cc(Br)c([C@H]2C(C(=O)OC3CCCC3)=C(C)NC3=C2C(=O)C[C@@H](c2ccc(Cl)cc2)C3)cc1OC. The van der Waals surface area contributed by atoms with Crippen LogP contribution in [0.5, 0.6) is 11.5 Å². The van der Waals surface area contributed by atoms with Crippen LogP contribution in [0.4, 0.5) is 0 Å². The molecule has 0 amide bonds. The van der Waals surface area contributed by atoms with Crippen LogP contribution in [0.15, 0.2) is 63.4 Å². The van der Waals surface area contributed by atoms with Crippen molar-refractivity contribution in [3.05, 3.63) is 79.6 Å². The molecule has 1 aliphatic heterocycles. The smallest absolute Gasteiger partial charge is 0.337 e. The first-order valence-electron chi connectivity index (χ1n) is 12.9. The molecule has 1 saturated carbocycles. The Morgan fingerprint density at radius 1 is 1.03 bits per heavy atom. The Morgan fingerprint density at radius 2 is 1.68 bits per heavy atom. The molecule has 0 saturated heterocycles. The Morgan fingerprint density at radius 3 is 2.34 bits per heavy atom. The Kier molecular flexibility index (Phi) is 7.87. The minimum Gasteiger partial charge on any atom is -0.493 e. The quantitative estimate of drug-likeness (QED) is 0.361. The number of carbonyl (C=O) groups is 2. The van der Waals surface area contributed by atoms with Crippen LogP contribution in [0.2, 0.25) is 5.02 Å². The fraction of sp³-hybridized carbons (Fsp3) is 0.400. The lowest BCUT2D eigenvalue weighted by atomic mass is 9.71. The molecule has 1 N–H and O–H groups in total. The average Bonchev–Trinajstić information content (AvgIpc) is 3.41. The third-order valence-electron chi connectivity index (χ3n) is 7.78. The van der Waals surface area contributed by atoms with Gasteiger partial charge in [-0.3, -0.25) is 4.79 Å². The summed E-state index contributed by atoms with van der Waals surface area (Å²) in [6.07, 6.45) is 4.74. The molecule has 8 heteroatoms. The summed E-state index contributed by atoms with van der Waals surface area (Å²) in [5, 5.41) is 4.09. The molecule has 2 aliphatic carbocycles. The van der Waals surface area contributed by atoms with Gasteiger partial charge in [-0.15, -0.1) is 0 Å². The monoisotopic (exact) mass is 599 g/mol. The third-order valence-corrected chi connectivity index (χ3v) is 8.72. The largest absolute Gasteiger partial charge is 0.493 e. The molecule has 0 bridgehead atoms. The predicted octanol–water partition coefficient (Wildman–Crippen LogP) is 6.97. The first-order valence-corrected chi connectivity index (χ1v) is 14.1. The van der Waals surface area contributed by atoms with Gasteiger partial charge < -0.3 is 19.5 Å². The van der Waals surface area contributed by atoms with Crippen molar-refractivity contribution in [1.82, 2.24) is 5.32 Å². The van der Waals surface area contributed by atoms with Crippen LogP contribution < -0.4 is 14.8 Å². The number of ketones is 1. The number of methoxy groups -OCH3 is 2. The minimum absolute atomic E-state index is 0.00375. The van der Waals surface area contributed by atoms with E-state index in [9.17, 15) is 9.59 Å². The van der Waals surface area contributed by atoms with E-state index in [2.05, 4.69) is 21.2 Å². The summed E-state index contributed by atoms with van der Waals surface area (Å²) >= 11 is 9.79. The second kappa shape index (κ2) is 11.1. The zero-order valence-electron chi connectivity index (χ0n) is 21.7. The minimum atomic E-state index is -0.604. The summed E-state index contributed by atoms with van der Waals surface area (Å²) in [5.74, 6) is 0.111. The van der Waals surface area contributed by atoms with Crippen LogP contribution in [0.1, 0.15) is 68.4 Å². The van der Waals surface area contributed by atoms with Crippen molar-refractivity contribution in [2.45, 2.75) is 63.4 Å². The van der Waals surface area contributed by atoms with Gasteiger partial charge in [0, 0.05) is 38.8 Å². The molecule has 2 aromatic carbocycles. The van der Waals surface area contributed by atoms with Crippen LogP contribution in [0, 0.1) is 0 Å². The average molecular weight is 601 g/mol. The number of nitrogens with one attached hydrogen (secondary N) is 1. The number of halogens is 2. The van der Waals surface area contributed by atoms with Crippen LogP contribution >= 0.6 is 27.5 Å². The lowest BCUT2D eigenvalue weighted by Crippen LogP contribution is -2.36. The summed E-state index contributed by atoms with van der Waals surface area (Å²) in [4.78, 5) is 27.6. The van der Waals surface area contributed by atoms with Crippen molar-refractivity contribution >= 4 is 39.3 Å². The van der Waals surface area contributed by atoms with Crippen molar-refractivity contribution in [1.29, 1.82) is 0 Å². The van der Waals surface area contributed by atoms with E-state index in [-0.39, 0.29) is 23.8 Å². The molecule has 2 atom stereocenters. The number of allylic oxidation sites excluding steroid dienone is 3. The number of benzene rings is 2. The van der Waals surface area contributed by atoms with Crippen molar-refractivity contribution in [2.24, 2.45) is 0 Å². The second-order valence-electron chi connectivity index (χ2n) is 10.1. The third kappa shape index (κ3) is 5.10. The van der Waals surface area contributed by atoms with Gasteiger partial charge in [0.15, 0.2) is 17.3 Å². The maximum atomic E-state index is 13.9. The van der Waals surface area contributed by atoms with Crippen molar-refractivity contribution in [3.63, 3.8) is 0 Å². The van der Waals surface area contributed by atoms with Crippen molar-refractivity contribution in [2.75, 3.05) is 14.2 Å². The number of esters is 1. The molecule has 0 aromatic heterocycles. The molecule has 5 rings (SSSR count). The number of hydrogen-bond acceptors (Lipinski definition) is 6. The van der Waals surface area contributed by atoms with E-state index in [1.54, 1.807) is 14.2 Å². The first-order chi connectivity index (χ1) is 18.3. The summed E-state index contributed by atoms with van der Waals surface area (Å²) in [5.41, 5.74) is 4.42. The molecular formula is C30H31BrClNO5. The Balaban J connectivity index is 1.60. The maximum absolute atomic E-state index is 13.9. The molecule has 0 unspecified atom stereocenters. The summed E-state index contributed by atoms with van der Waals surface area (Å²) in [6, 6.07) is 11.3. The molecule has 6 nitrogen and oxygen atoms in total. The van der Waals surface area contributed by atoms with E-state index < -0.39 is 5.92 Å². The van der Waals surface area contributed by atoms with E-state index in [0.717, 1.165) is 47.0 Å². The van der Waals surface area contributed by atoms with Crippen LogP contribution in [0.25, 0.3) is 0 Å². The van der Waals surface area contributed by atoms with Crippen LogP contribution in [-0.2, 0) is 14.3 Å². The van der Waals surface area contributed by atoms with Gasteiger partial charge in [0.25, 0.3) is 0 Å². The topological polar surface area (TPSA) is 73.9 Å². The Hall–Kier alpha value is -2.77.